The fourth-order valence-corrected chi connectivity index (χ4v) is 3.45. The Bertz CT molecular complexity index is 1500. The molecule has 33 heavy (non-hydrogen) atoms. The van der Waals surface area contributed by atoms with Crippen molar-refractivity contribution < 1.29 is 9.53 Å². The van der Waals surface area contributed by atoms with E-state index in [4.69, 9.17) is 4.74 Å². The molecule has 160 valence electrons. The first-order valence-electron chi connectivity index (χ1n) is 10.3. The minimum absolute atomic E-state index is 0.114. The van der Waals surface area contributed by atoms with E-state index >= 15 is 0 Å². The Morgan fingerprint density at radius 1 is 0.788 bits per heavy atom. The van der Waals surface area contributed by atoms with Gasteiger partial charge in [0.25, 0.3) is 11.5 Å². The van der Waals surface area contributed by atoms with Gasteiger partial charge in [0, 0.05) is 11.6 Å². The molecule has 3 aromatic carbocycles. The summed E-state index contributed by atoms with van der Waals surface area (Å²) < 4.78 is 7.08. The first-order chi connectivity index (χ1) is 16.2. The molecular weight excluding hydrogens is 416 g/mol. The third kappa shape index (κ3) is 4.07. The highest BCUT2D eigenvalue weighted by atomic mass is 16.5. The van der Waals surface area contributed by atoms with Crippen molar-refractivity contribution in [2.75, 3.05) is 5.32 Å². The number of fused-ring (bicyclic) bond motifs is 1. The number of pyridine rings is 1. The number of ether oxygens (including phenoxy) is 1. The van der Waals surface area contributed by atoms with Crippen molar-refractivity contribution in [2.45, 2.75) is 0 Å². The summed E-state index contributed by atoms with van der Waals surface area (Å²) in [4.78, 5) is 30.7. The Morgan fingerprint density at radius 2 is 1.45 bits per heavy atom. The van der Waals surface area contributed by atoms with Crippen molar-refractivity contribution in [1.82, 2.24) is 14.8 Å². The summed E-state index contributed by atoms with van der Waals surface area (Å²) in [6.07, 6.45) is 1.58. The predicted molar refractivity (Wildman–Crippen MR) is 126 cm³/mol. The van der Waals surface area contributed by atoms with Crippen LogP contribution in [0.3, 0.4) is 0 Å². The largest absolute Gasteiger partial charge is 0.437 e. The van der Waals surface area contributed by atoms with Gasteiger partial charge in [0.05, 0.1) is 11.1 Å². The Labute approximate surface area is 188 Å². The highest BCUT2D eigenvalue weighted by Crippen LogP contribution is 2.27. The van der Waals surface area contributed by atoms with Gasteiger partial charge in [-0.1, -0.05) is 54.6 Å². The van der Waals surface area contributed by atoms with E-state index in [1.165, 1.54) is 4.68 Å². The fourth-order valence-electron chi connectivity index (χ4n) is 3.45. The van der Waals surface area contributed by atoms with Gasteiger partial charge in [-0.2, -0.15) is 9.78 Å². The molecule has 0 spiro atoms. The topological polar surface area (TPSA) is 86.1 Å². The summed E-state index contributed by atoms with van der Waals surface area (Å²) in [7, 11) is 0. The molecule has 0 aliphatic carbocycles. The zero-order chi connectivity index (χ0) is 22.6. The van der Waals surface area contributed by atoms with Crippen molar-refractivity contribution in [2.24, 2.45) is 0 Å². The number of nitrogens with zero attached hydrogens (tertiary/aromatic N) is 3. The third-order valence-electron chi connectivity index (χ3n) is 5.00. The van der Waals surface area contributed by atoms with Crippen LogP contribution in [-0.4, -0.2) is 20.7 Å². The Morgan fingerprint density at radius 3 is 2.21 bits per heavy atom. The molecule has 0 saturated carbocycles. The lowest BCUT2D eigenvalue weighted by molar-refractivity contribution is 0.102. The van der Waals surface area contributed by atoms with Crippen LogP contribution in [0, 0.1) is 0 Å². The number of nitrogens with one attached hydrogen (secondary N) is 1. The number of para-hydroxylation sites is 2. The van der Waals surface area contributed by atoms with Gasteiger partial charge in [0.15, 0.2) is 5.69 Å². The average molecular weight is 434 g/mol. The number of anilines is 1. The van der Waals surface area contributed by atoms with Crippen molar-refractivity contribution >= 4 is 22.4 Å². The maximum Gasteiger partial charge on any atom is 0.279 e. The van der Waals surface area contributed by atoms with Crippen molar-refractivity contribution in [3.8, 4) is 17.3 Å². The van der Waals surface area contributed by atoms with Crippen molar-refractivity contribution in [1.29, 1.82) is 0 Å². The summed E-state index contributed by atoms with van der Waals surface area (Å²) in [5, 5.41) is 8.10. The van der Waals surface area contributed by atoms with Gasteiger partial charge in [-0.3, -0.25) is 9.59 Å². The number of amides is 1. The smallest absolute Gasteiger partial charge is 0.279 e. The Hall–Kier alpha value is -4.78. The third-order valence-corrected chi connectivity index (χ3v) is 5.00. The predicted octanol–water partition coefficient (Wildman–Crippen LogP) is 4.83. The molecule has 5 aromatic rings. The van der Waals surface area contributed by atoms with Gasteiger partial charge in [-0.25, -0.2) is 4.98 Å². The first-order valence-corrected chi connectivity index (χ1v) is 10.3. The SMILES string of the molecule is O=C(Nc1cccnc1Oc1ccccc1)c1nn(-c2ccccc2)c(=O)c2ccccc12. The second-order valence-electron chi connectivity index (χ2n) is 7.17. The molecule has 5 rings (SSSR count). The molecule has 0 aliphatic rings. The molecule has 0 aliphatic heterocycles. The zero-order valence-electron chi connectivity index (χ0n) is 17.4. The normalized spacial score (nSPS) is 10.7. The van der Waals surface area contributed by atoms with Gasteiger partial charge in [-0.15, -0.1) is 0 Å². The molecule has 0 bridgehead atoms. The van der Waals surface area contributed by atoms with Crippen LogP contribution in [0.4, 0.5) is 5.69 Å². The monoisotopic (exact) mass is 434 g/mol. The lowest BCUT2D eigenvalue weighted by Gasteiger charge is -2.13. The molecule has 1 amide bonds. The summed E-state index contributed by atoms with van der Waals surface area (Å²) in [6.45, 7) is 0. The fraction of sp³-hybridized carbons (Fsp3) is 0. The molecule has 0 saturated heterocycles. The molecule has 0 fully saturated rings. The van der Waals surface area contributed by atoms with Gasteiger partial charge >= 0.3 is 0 Å². The number of rotatable bonds is 5. The van der Waals surface area contributed by atoms with Gasteiger partial charge < -0.3 is 10.1 Å². The van der Waals surface area contributed by atoms with Crippen LogP contribution >= 0.6 is 0 Å². The number of hydrogen-bond donors (Lipinski definition) is 1. The lowest BCUT2D eigenvalue weighted by Crippen LogP contribution is -2.26. The minimum Gasteiger partial charge on any atom is -0.437 e. The molecule has 0 radical (unpaired) electrons. The van der Waals surface area contributed by atoms with Gasteiger partial charge in [0.1, 0.15) is 11.4 Å². The maximum absolute atomic E-state index is 13.4. The van der Waals surface area contributed by atoms with Crippen LogP contribution in [-0.2, 0) is 0 Å². The second kappa shape index (κ2) is 8.76. The summed E-state index contributed by atoms with van der Waals surface area (Å²) >= 11 is 0. The van der Waals surface area contributed by atoms with E-state index in [1.54, 1.807) is 79.0 Å². The average Bonchev–Trinajstić information content (AvgIpc) is 2.87. The quantitative estimate of drug-likeness (QED) is 0.428. The standard InChI is InChI=1S/C26H18N4O3/c31-24(28-22-16-9-17-27-25(22)33-19-12-5-2-6-13-19)23-20-14-7-8-15-21(20)26(32)30(29-23)18-10-3-1-4-11-18/h1-17H,(H,28,31). The molecule has 7 heteroatoms. The minimum atomic E-state index is -0.484. The van der Waals surface area contributed by atoms with E-state index in [0.717, 1.165) is 0 Å². The second-order valence-corrected chi connectivity index (χ2v) is 7.17. The molecule has 7 nitrogen and oxygen atoms in total. The van der Waals surface area contributed by atoms with Crippen molar-refractivity contribution in [3.63, 3.8) is 0 Å². The van der Waals surface area contributed by atoms with Crippen molar-refractivity contribution in [3.05, 3.63) is 119 Å². The number of carbonyl (C=O) groups excluding carboxylic acids is 1. The van der Waals surface area contributed by atoms with Crippen LogP contribution in [0.15, 0.2) is 108 Å². The maximum atomic E-state index is 13.4. The Balaban J connectivity index is 1.56. The van der Waals surface area contributed by atoms with E-state index < -0.39 is 5.91 Å². The number of benzene rings is 3. The van der Waals surface area contributed by atoms with Crippen LogP contribution in [0.5, 0.6) is 11.6 Å². The van der Waals surface area contributed by atoms with E-state index in [2.05, 4.69) is 15.4 Å². The van der Waals surface area contributed by atoms with E-state index in [1.807, 2.05) is 24.3 Å². The summed E-state index contributed by atoms with van der Waals surface area (Å²) in [5.41, 5.74) is 0.762. The van der Waals surface area contributed by atoms with E-state index in [9.17, 15) is 9.59 Å². The van der Waals surface area contributed by atoms with Crippen LogP contribution in [0.25, 0.3) is 16.5 Å². The van der Waals surface area contributed by atoms with Crippen LogP contribution in [0.1, 0.15) is 10.5 Å². The number of aromatic nitrogens is 3. The first kappa shape index (κ1) is 20.1. The highest BCUT2D eigenvalue weighted by Gasteiger charge is 2.19. The summed E-state index contributed by atoms with van der Waals surface area (Å²) in [5.74, 6) is 0.354. The van der Waals surface area contributed by atoms with E-state index in [0.29, 0.717) is 27.9 Å². The molecule has 1 N–H and O–H groups in total. The highest BCUT2D eigenvalue weighted by molar-refractivity contribution is 6.11. The molecule has 2 heterocycles. The Kier molecular flexibility index (Phi) is 5.35. The molecular formula is C26H18N4O3. The molecule has 0 atom stereocenters. The lowest BCUT2D eigenvalue weighted by atomic mass is 10.1. The molecule has 0 unspecified atom stereocenters. The molecule has 2 aromatic heterocycles. The summed E-state index contributed by atoms with van der Waals surface area (Å²) in [6, 6.07) is 28.5. The number of carbonyl (C=O) groups is 1. The zero-order valence-corrected chi connectivity index (χ0v) is 17.4. The van der Waals surface area contributed by atoms with Crippen LogP contribution < -0.4 is 15.6 Å². The number of hydrogen-bond acceptors (Lipinski definition) is 5. The van der Waals surface area contributed by atoms with Gasteiger partial charge in [-0.05, 0) is 42.5 Å². The van der Waals surface area contributed by atoms with Crippen LogP contribution in [0.2, 0.25) is 0 Å². The van der Waals surface area contributed by atoms with E-state index in [-0.39, 0.29) is 17.1 Å². The van der Waals surface area contributed by atoms with Gasteiger partial charge in [0.2, 0.25) is 5.88 Å².